The van der Waals surface area contributed by atoms with Crippen molar-refractivity contribution >= 4 is 6.21 Å². The molecule has 0 saturated heterocycles. The SMILES string of the molecule is CCC(C=NN(C)C)CC. The van der Waals surface area contributed by atoms with Gasteiger partial charge in [0.05, 0.1) is 0 Å². The predicted octanol–water partition coefficient (Wildman–Crippen LogP) is 1.97. The molecule has 0 aliphatic carbocycles. The lowest BCUT2D eigenvalue weighted by Gasteiger charge is -2.07. The van der Waals surface area contributed by atoms with Gasteiger partial charge in [-0.25, -0.2) is 0 Å². The maximum absolute atomic E-state index is 4.17. The summed E-state index contributed by atoms with van der Waals surface area (Å²) in [6.45, 7) is 4.38. The smallest absolute Gasteiger partial charge is 0.0275 e. The van der Waals surface area contributed by atoms with Crippen LogP contribution in [-0.2, 0) is 0 Å². The molecule has 0 aromatic rings. The van der Waals surface area contributed by atoms with Crippen molar-refractivity contribution in [3.8, 4) is 0 Å². The van der Waals surface area contributed by atoms with Gasteiger partial charge in [-0.1, -0.05) is 13.8 Å². The largest absolute Gasteiger partial charge is 0.303 e. The van der Waals surface area contributed by atoms with E-state index in [1.807, 2.05) is 25.3 Å². The molecule has 0 atom stereocenters. The normalized spacial score (nSPS) is 11.3. The van der Waals surface area contributed by atoms with Crippen LogP contribution in [0.25, 0.3) is 0 Å². The highest BCUT2D eigenvalue weighted by Gasteiger charge is 1.96. The van der Waals surface area contributed by atoms with Gasteiger partial charge in [0, 0.05) is 20.3 Å². The van der Waals surface area contributed by atoms with Crippen LogP contribution >= 0.6 is 0 Å². The lowest BCUT2D eigenvalue weighted by molar-refractivity contribution is 0.434. The standard InChI is InChI=1S/C8H18N2/c1-5-8(6-2)7-9-10(3)4/h7-8H,5-6H2,1-4H3. The van der Waals surface area contributed by atoms with Gasteiger partial charge in [0.2, 0.25) is 0 Å². The van der Waals surface area contributed by atoms with Crippen molar-refractivity contribution < 1.29 is 0 Å². The first kappa shape index (κ1) is 9.47. The highest BCUT2D eigenvalue weighted by atomic mass is 15.4. The lowest BCUT2D eigenvalue weighted by Crippen LogP contribution is -2.06. The van der Waals surface area contributed by atoms with Gasteiger partial charge in [-0.15, -0.1) is 0 Å². The molecule has 0 rings (SSSR count). The second kappa shape index (κ2) is 5.27. The zero-order valence-electron chi connectivity index (χ0n) is 7.46. The minimum atomic E-state index is 0.655. The van der Waals surface area contributed by atoms with E-state index in [1.165, 1.54) is 12.8 Å². The van der Waals surface area contributed by atoms with E-state index in [0.717, 1.165) is 0 Å². The highest BCUT2D eigenvalue weighted by molar-refractivity contribution is 5.59. The third-order valence-corrected chi connectivity index (χ3v) is 1.56. The van der Waals surface area contributed by atoms with E-state index in [4.69, 9.17) is 0 Å². The van der Waals surface area contributed by atoms with Crippen LogP contribution in [0.15, 0.2) is 5.10 Å². The second-order valence-electron chi connectivity index (χ2n) is 2.69. The van der Waals surface area contributed by atoms with E-state index in [0.29, 0.717) is 5.92 Å². The van der Waals surface area contributed by atoms with Gasteiger partial charge in [0.1, 0.15) is 0 Å². The number of hydrogen-bond donors (Lipinski definition) is 0. The Morgan fingerprint density at radius 1 is 1.30 bits per heavy atom. The summed E-state index contributed by atoms with van der Waals surface area (Å²) in [6, 6.07) is 0. The fourth-order valence-corrected chi connectivity index (χ4v) is 0.727. The van der Waals surface area contributed by atoms with E-state index >= 15 is 0 Å². The fraction of sp³-hybridized carbons (Fsp3) is 0.875. The van der Waals surface area contributed by atoms with Crippen LogP contribution in [-0.4, -0.2) is 25.3 Å². The zero-order valence-corrected chi connectivity index (χ0v) is 7.46. The Morgan fingerprint density at radius 3 is 2.10 bits per heavy atom. The van der Waals surface area contributed by atoms with Crippen molar-refractivity contribution in [2.45, 2.75) is 26.7 Å². The predicted molar refractivity (Wildman–Crippen MR) is 46.3 cm³/mol. The molecule has 0 radical (unpaired) electrons. The summed E-state index contributed by atoms with van der Waals surface area (Å²) in [5.41, 5.74) is 0. The van der Waals surface area contributed by atoms with Crippen LogP contribution in [0.3, 0.4) is 0 Å². The van der Waals surface area contributed by atoms with Gasteiger partial charge in [-0.3, -0.25) is 0 Å². The first-order valence-corrected chi connectivity index (χ1v) is 3.92. The van der Waals surface area contributed by atoms with Gasteiger partial charge < -0.3 is 5.01 Å². The molecule has 0 bridgehead atoms. The molecule has 0 unspecified atom stereocenters. The first-order valence-electron chi connectivity index (χ1n) is 3.92. The molecule has 0 heterocycles. The molecular weight excluding hydrogens is 124 g/mol. The summed E-state index contributed by atoms with van der Waals surface area (Å²) in [6.07, 6.45) is 4.40. The van der Waals surface area contributed by atoms with E-state index in [-0.39, 0.29) is 0 Å². The Labute approximate surface area is 63.9 Å². The molecule has 60 valence electrons. The van der Waals surface area contributed by atoms with Gasteiger partial charge >= 0.3 is 0 Å². The van der Waals surface area contributed by atoms with Gasteiger partial charge in [0.25, 0.3) is 0 Å². The summed E-state index contributed by atoms with van der Waals surface area (Å²) in [4.78, 5) is 0. The van der Waals surface area contributed by atoms with E-state index < -0.39 is 0 Å². The van der Waals surface area contributed by atoms with Gasteiger partial charge in [0.15, 0.2) is 0 Å². The van der Waals surface area contributed by atoms with E-state index in [2.05, 4.69) is 18.9 Å². The van der Waals surface area contributed by atoms with Crippen LogP contribution in [0.2, 0.25) is 0 Å². The third-order valence-electron chi connectivity index (χ3n) is 1.56. The van der Waals surface area contributed by atoms with Crippen molar-refractivity contribution in [3.05, 3.63) is 0 Å². The molecule has 0 amide bonds. The summed E-state index contributed by atoms with van der Waals surface area (Å²) < 4.78 is 0. The minimum Gasteiger partial charge on any atom is -0.303 e. The maximum atomic E-state index is 4.17. The quantitative estimate of drug-likeness (QED) is 0.433. The molecule has 0 fully saturated rings. The minimum absolute atomic E-state index is 0.655. The van der Waals surface area contributed by atoms with Crippen molar-refractivity contribution in [1.82, 2.24) is 5.01 Å². The Bertz CT molecular complexity index is 93.4. The molecule has 0 spiro atoms. The Hall–Kier alpha value is -0.530. The number of hydrazone groups is 1. The monoisotopic (exact) mass is 142 g/mol. The summed E-state index contributed by atoms with van der Waals surface area (Å²) in [5, 5.41) is 6.01. The van der Waals surface area contributed by atoms with Crippen molar-refractivity contribution in [1.29, 1.82) is 0 Å². The van der Waals surface area contributed by atoms with E-state index in [1.54, 1.807) is 0 Å². The van der Waals surface area contributed by atoms with E-state index in [9.17, 15) is 0 Å². The molecule has 0 aromatic carbocycles. The molecule has 0 saturated carbocycles. The molecule has 0 aromatic heterocycles. The van der Waals surface area contributed by atoms with Crippen molar-refractivity contribution in [2.24, 2.45) is 11.0 Å². The molecule has 2 nitrogen and oxygen atoms in total. The average Bonchev–Trinajstić information content (AvgIpc) is 1.90. The molecule has 0 aliphatic rings. The molecule has 0 aliphatic heterocycles. The Balaban J connectivity index is 3.61. The van der Waals surface area contributed by atoms with Crippen LogP contribution in [0.1, 0.15) is 26.7 Å². The second-order valence-corrected chi connectivity index (χ2v) is 2.69. The molecular formula is C8H18N2. The molecule has 2 heteroatoms. The number of nitrogens with zero attached hydrogens (tertiary/aromatic N) is 2. The third kappa shape index (κ3) is 4.36. The number of hydrogen-bond acceptors (Lipinski definition) is 2. The van der Waals surface area contributed by atoms with Crippen molar-refractivity contribution in [3.63, 3.8) is 0 Å². The van der Waals surface area contributed by atoms with Gasteiger partial charge in [-0.05, 0) is 18.8 Å². The average molecular weight is 142 g/mol. The Kier molecular flexibility index (Phi) is 4.99. The Morgan fingerprint density at radius 2 is 1.80 bits per heavy atom. The fourth-order valence-electron chi connectivity index (χ4n) is 0.727. The van der Waals surface area contributed by atoms with Crippen LogP contribution in [0.4, 0.5) is 0 Å². The molecule has 0 N–H and O–H groups in total. The van der Waals surface area contributed by atoms with Crippen LogP contribution < -0.4 is 0 Å². The summed E-state index contributed by atoms with van der Waals surface area (Å²) in [5.74, 6) is 0.655. The maximum Gasteiger partial charge on any atom is 0.0275 e. The lowest BCUT2D eigenvalue weighted by atomic mass is 10.1. The first-order chi connectivity index (χ1) is 4.70. The zero-order chi connectivity index (χ0) is 7.98. The summed E-state index contributed by atoms with van der Waals surface area (Å²) in [7, 11) is 3.89. The topological polar surface area (TPSA) is 15.6 Å². The summed E-state index contributed by atoms with van der Waals surface area (Å²) >= 11 is 0. The highest BCUT2D eigenvalue weighted by Crippen LogP contribution is 2.03. The van der Waals surface area contributed by atoms with Crippen molar-refractivity contribution in [2.75, 3.05) is 14.1 Å². The van der Waals surface area contributed by atoms with Crippen LogP contribution in [0.5, 0.6) is 0 Å². The van der Waals surface area contributed by atoms with Gasteiger partial charge in [-0.2, -0.15) is 5.10 Å². The van der Waals surface area contributed by atoms with Crippen LogP contribution in [0, 0.1) is 5.92 Å². The number of rotatable bonds is 4. The molecule has 10 heavy (non-hydrogen) atoms.